The molecule has 2 aromatic rings. The molecule has 2 saturated carbocycles. The number of ether oxygens (including phenoxy) is 4. The highest BCUT2D eigenvalue weighted by Gasteiger charge is 2.64. The van der Waals surface area contributed by atoms with Crippen molar-refractivity contribution >= 4 is 44.6 Å². The standard InChI is InChI=1S/C41H53F4N5O10S/c1-7-24-16-23(2)10-8-9-11-26-20-40(26,36(53)49-61(55,56)39(22-42)14-15-39)48-33(51)30-19-28(59-34-29-13-12-27(57-5)17-25(29)18-31(46-34)58-6)21-50(30)35(52)32(24)47-37(54)60-38(3,4)41(43,44)45/h9,11-13,17-18,23-24,26,28,30,32H,7-8,10,14-16,19-22H2,1-6H3,(H,47,54)(H,48,51)(H,49,53)/b11-9-/t23-,24-,26?,28-,30+,32+,40-/m1/s1. The highest BCUT2D eigenvalue weighted by molar-refractivity contribution is 7.91. The summed E-state index contributed by atoms with van der Waals surface area (Å²) in [6.07, 6.45) is -2.31. The second kappa shape index (κ2) is 17.1. The topological polar surface area (TPSA) is 192 Å². The van der Waals surface area contributed by atoms with Crippen molar-refractivity contribution in [3.8, 4) is 17.5 Å². The summed E-state index contributed by atoms with van der Waals surface area (Å²) < 4.78 is 104. The second-order valence-corrected chi connectivity index (χ2v) is 19.2. The fraction of sp³-hybridized carbons (Fsp3) is 0.634. The molecule has 1 aromatic heterocycles. The first kappa shape index (κ1) is 45.6. The van der Waals surface area contributed by atoms with Gasteiger partial charge in [-0.3, -0.25) is 19.1 Å². The maximum absolute atomic E-state index is 15.0. The van der Waals surface area contributed by atoms with Crippen LogP contribution in [-0.2, 0) is 29.1 Å². The molecular formula is C41H53F4N5O10S. The van der Waals surface area contributed by atoms with Gasteiger partial charge in [0.2, 0.25) is 39.2 Å². The van der Waals surface area contributed by atoms with Crippen LogP contribution in [0.1, 0.15) is 79.1 Å². The summed E-state index contributed by atoms with van der Waals surface area (Å²) in [5.74, 6) is -3.31. The quantitative estimate of drug-likeness (QED) is 0.197. The van der Waals surface area contributed by atoms with Crippen LogP contribution in [0, 0.1) is 17.8 Å². The zero-order chi connectivity index (χ0) is 44.7. The molecule has 2 aliphatic carbocycles. The SMILES string of the molecule is CC[C@@H]1C[C@H](C)CC/C=C\C2C[C@@]2(C(=O)NS(=O)(=O)C2(CF)CC2)NC(=O)[C@@H]2C[C@@H](Oc3nc(OC)cc4cc(OC)ccc34)CN2C(=O)[C@H]1NC(=O)OC(C)(C)C(F)(F)F. The fourth-order valence-corrected chi connectivity index (χ4v) is 9.50. The van der Waals surface area contributed by atoms with Crippen molar-refractivity contribution in [3.05, 3.63) is 36.4 Å². The third kappa shape index (κ3) is 9.33. The summed E-state index contributed by atoms with van der Waals surface area (Å²) in [4.78, 5) is 62.4. The molecule has 0 radical (unpaired) electrons. The number of aromatic nitrogens is 1. The summed E-state index contributed by atoms with van der Waals surface area (Å²) >= 11 is 0. The Hall–Kier alpha value is -4.88. The molecule has 3 fully saturated rings. The third-order valence-corrected chi connectivity index (χ3v) is 14.5. The second-order valence-electron chi connectivity index (χ2n) is 17.1. The van der Waals surface area contributed by atoms with Crippen molar-refractivity contribution < 1.29 is 64.1 Å². The van der Waals surface area contributed by atoms with Crippen molar-refractivity contribution in [3.63, 3.8) is 0 Å². The van der Waals surface area contributed by atoms with Gasteiger partial charge in [0.15, 0.2) is 0 Å². The average Bonchev–Trinajstić information content (AvgIpc) is 4.11. The van der Waals surface area contributed by atoms with Gasteiger partial charge in [-0.25, -0.2) is 17.6 Å². The zero-order valence-electron chi connectivity index (χ0n) is 34.9. The molecule has 61 heavy (non-hydrogen) atoms. The number of rotatable bonds is 11. The van der Waals surface area contributed by atoms with Crippen molar-refractivity contribution in [2.45, 2.75) is 119 Å². The molecule has 7 atom stereocenters. The molecule has 3 N–H and O–H groups in total. The van der Waals surface area contributed by atoms with Crippen LogP contribution in [-0.4, -0.2) is 110 Å². The van der Waals surface area contributed by atoms with E-state index in [9.17, 15) is 45.2 Å². The van der Waals surface area contributed by atoms with E-state index < -0.39 is 92.6 Å². The van der Waals surface area contributed by atoms with Gasteiger partial charge in [0.05, 0.1) is 20.8 Å². The van der Waals surface area contributed by atoms with Crippen LogP contribution in [0.2, 0.25) is 0 Å². The van der Waals surface area contributed by atoms with E-state index in [0.29, 0.717) is 56.1 Å². The fourth-order valence-electron chi connectivity index (χ4n) is 8.08. The molecule has 3 heterocycles. The largest absolute Gasteiger partial charge is 0.497 e. The molecule has 15 nitrogen and oxygen atoms in total. The first-order valence-electron chi connectivity index (χ1n) is 20.3. The first-order valence-corrected chi connectivity index (χ1v) is 21.8. The van der Waals surface area contributed by atoms with Crippen LogP contribution in [0.15, 0.2) is 36.4 Å². The van der Waals surface area contributed by atoms with Crippen LogP contribution in [0.4, 0.5) is 22.4 Å². The Kier molecular flexibility index (Phi) is 12.8. The number of hydrogen-bond acceptors (Lipinski definition) is 11. The molecule has 1 aromatic carbocycles. The van der Waals surface area contributed by atoms with Crippen LogP contribution >= 0.6 is 0 Å². The number of alkyl carbamates (subject to hydrolysis) is 1. The van der Waals surface area contributed by atoms with Gasteiger partial charge in [-0.05, 0) is 87.8 Å². The maximum Gasteiger partial charge on any atom is 0.427 e. The van der Waals surface area contributed by atoms with Gasteiger partial charge in [-0.1, -0.05) is 32.4 Å². The summed E-state index contributed by atoms with van der Waals surface area (Å²) in [5, 5.41) is 6.29. The lowest BCUT2D eigenvalue weighted by Gasteiger charge is -2.35. The number of allylic oxidation sites excluding steroid dienone is 1. The molecule has 4 aliphatic rings. The molecule has 0 spiro atoms. The Labute approximate surface area is 351 Å². The van der Waals surface area contributed by atoms with Gasteiger partial charge in [0, 0.05) is 23.8 Å². The molecule has 4 amide bonds. The molecule has 1 unspecified atom stereocenters. The van der Waals surface area contributed by atoms with Gasteiger partial charge in [0.25, 0.3) is 5.91 Å². The number of hydrogen-bond donors (Lipinski definition) is 3. The predicted octanol–water partition coefficient (Wildman–Crippen LogP) is 5.26. The number of fused-ring (bicyclic) bond motifs is 3. The molecular weight excluding hydrogens is 831 g/mol. The Morgan fingerprint density at radius 3 is 2.43 bits per heavy atom. The van der Waals surface area contributed by atoms with Crippen molar-refractivity contribution in [1.29, 1.82) is 0 Å². The van der Waals surface area contributed by atoms with E-state index in [0.717, 1.165) is 4.90 Å². The molecule has 20 heteroatoms. The Morgan fingerprint density at radius 2 is 1.80 bits per heavy atom. The van der Waals surface area contributed by atoms with Gasteiger partial charge >= 0.3 is 12.3 Å². The van der Waals surface area contributed by atoms with Gasteiger partial charge < -0.3 is 34.5 Å². The van der Waals surface area contributed by atoms with Crippen LogP contribution in [0.25, 0.3) is 10.8 Å². The van der Waals surface area contributed by atoms with Crippen LogP contribution < -0.4 is 29.6 Å². The summed E-state index contributed by atoms with van der Waals surface area (Å²) in [6, 6.07) is 3.89. The van der Waals surface area contributed by atoms with E-state index in [1.165, 1.54) is 14.2 Å². The molecule has 336 valence electrons. The predicted molar refractivity (Wildman–Crippen MR) is 213 cm³/mol. The minimum Gasteiger partial charge on any atom is -0.497 e. The number of benzene rings is 1. The van der Waals surface area contributed by atoms with E-state index in [2.05, 4.69) is 15.6 Å². The monoisotopic (exact) mass is 883 g/mol. The summed E-state index contributed by atoms with van der Waals surface area (Å²) in [5.41, 5.74) is -4.70. The lowest BCUT2D eigenvalue weighted by Crippen LogP contribution is -2.60. The van der Waals surface area contributed by atoms with E-state index in [-0.39, 0.29) is 49.9 Å². The number of pyridine rings is 1. The van der Waals surface area contributed by atoms with Gasteiger partial charge in [0.1, 0.15) is 40.9 Å². The number of sulfonamides is 1. The number of amides is 4. The molecule has 2 aliphatic heterocycles. The molecule has 0 bridgehead atoms. The summed E-state index contributed by atoms with van der Waals surface area (Å²) in [7, 11) is -1.57. The number of nitrogens with one attached hydrogen (secondary N) is 3. The Morgan fingerprint density at radius 1 is 1.08 bits per heavy atom. The van der Waals surface area contributed by atoms with E-state index >= 15 is 0 Å². The minimum atomic E-state index is -4.94. The lowest BCUT2D eigenvalue weighted by atomic mass is 9.85. The van der Waals surface area contributed by atoms with E-state index in [1.807, 2.05) is 17.7 Å². The van der Waals surface area contributed by atoms with Crippen molar-refractivity contribution in [2.75, 3.05) is 27.4 Å². The van der Waals surface area contributed by atoms with E-state index in [1.54, 1.807) is 37.3 Å². The number of carbonyl (C=O) groups is 4. The van der Waals surface area contributed by atoms with Crippen LogP contribution in [0.3, 0.4) is 0 Å². The number of halogens is 4. The van der Waals surface area contributed by atoms with Gasteiger partial charge in [-0.15, -0.1) is 0 Å². The van der Waals surface area contributed by atoms with Crippen molar-refractivity contribution in [1.82, 2.24) is 25.2 Å². The Balaban J connectivity index is 1.39. The van der Waals surface area contributed by atoms with Crippen LogP contribution in [0.5, 0.6) is 17.5 Å². The van der Waals surface area contributed by atoms with E-state index in [4.69, 9.17) is 18.9 Å². The smallest absolute Gasteiger partial charge is 0.427 e. The number of alkyl halides is 4. The highest BCUT2D eigenvalue weighted by Crippen LogP contribution is 2.48. The van der Waals surface area contributed by atoms with Crippen molar-refractivity contribution in [2.24, 2.45) is 17.8 Å². The summed E-state index contributed by atoms with van der Waals surface area (Å²) in [6.45, 7) is 3.57. The zero-order valence-corrected chi connectivity index (χ0v) is 35.7. The highest BCUT2D eigenvalue weighted by atomic mass is 32.2. The number of carbonyl (C=O) groups excluding carboxylic acids is 4. The normalized spacial score (nSPS) is 28.5. The Bertz CT molecular complexity index is 2160. The third-order valence-electron chi connectivity index (χ3n) is 12.4. The lowest BCUT2D eigenvalue weighted by molar-refractivity contribution is -0.244. The number of nitrogens with zero attached hydrogens (tertiary/aromatic N) is 2. The maximum atomic E-state index is 15.0. The number of methoxy groups -OCH3 is 2. The minimum absolute atomic E-state index is 0.00146. The average molecular weight is 884 g/mol. The molecule has 1 saturated heterocycles. The van der Waals surface area contributed by atoms with Gasteiger partial charge in [-0.2, -0.15) is 18.2 Å². The molecule has 6 rings (SSSR count). The first-order chi connectivity index (χ1) is 28.6.